The lowest BCUT2D eigenvalue weighted by atomic mass is 9.90. The largest absolute Gasteiger partial charge is 0.477 e. The summed E-state index contributed by atoms with van der Waals surface area (Å²) < 4.78 is 27.6. The number of rotatable bonds is 5. The number of hydrogen-bond donors (Lipinski definition) is 2. The second-order valence-electron chi connectivity index (χ2n) is 6.97. The van der Waals surface area contributed by atoms with Gasteiger partial charge in [0.2, 0.25) is 5.91 Å². The Labute approximate surface area is 166 Å². The van der Waals surface area contributed by atoms with Crippen LogP contribution in [0.5, 0.6) is 0 Å². The van der Waals surface area contributed by atoms with Gasteiger partial charge in [-0.25, -0.2) is 23.5 Å². The molecule has 0 unspecified atom stereocenters. The van der Waals surface area contributed by atoms with Gasteiger partial charge in [-0.15, -0.1) is 0 Å². The molecule has 0 radical (unpaired) electrons. The maximum absolute atomic E-state index is 13.8. The fraction of sp³-hybridized carbons (Fsp3) is 0.400. The highest BCUT2D eigenvalue weighted by atomic mass is 19.1. The number of hydrogen-bond acceptors (Lipinski definition) is 5. The van der Waals surface area contributed by atoms with E-state index >= 15 is 0 Å². The van der Waals surface area contributed by atoms with Crippen molar-refractivity contribution in [1.29, 1.82) is 0 Å². The highest BCUT2D eigenvalue weighted by molar-refractivity contribution is 5.94. The van der Waals surface area contributed by atoms with Crippen LogP contribution >= 0.6 is 0 Å². The average Bonchev–Trinajstić information content (AvgIpc) is 2.69. The van der Waals surface area contributed by atoms with Gasteiger partial charge in [0, 0.05) is 31.6 Å². The quantitative estimate of drug-likeness (QED) is 0.796. The molecule has 1 aromatic carbocycles. The van der Waals surface area contributed by atoms with Gasteiger partial charge in [-0.3, -0.25) is 4.79 Å². The third kappa shape index (κ3) is 4.33. The number of aromatic carboxylic acids is 1. The fourth-order valence-corrected chi connectivity index (χ4v) is 3.65. The van der Waals surface area contributed by atoms with Crippen LogP contribution in [0.15, 0.2) is 18.2 Å². The monoisotopic (exact) mass is 404 g/mol. The standard InChI is InChI=1S/C20H22F2N4O3/c1-11-24-18(17(20(28)29)19(23-2)25-11)12-6-8-26(9-7-12)16(27)10-13-14(21)4-3-5-15(13)22/h3-5,12H,6-10H2,1-2H3,(H,28,29)(H,23,24,25). The highest BCUT2D eigenvalue weighted by Crippen LogP contribution is 2.32. The first-order valence-electron chi connectivity index (χ1n) is 9.32. The van der Waals surface area contributed by atoms with Crippen LogP contribution in [-0.4, -0.2) is 52.0 Å². The average molecular weight is 404 g/mol. The summed E-state index contributed by atoms with van der Waals surface area (Å²) >= 11 is 0. The lowest BCUT2D eigenvalue weighted by Gasteiger charge is -2.32. The minimum atomic E-state index is -1.11. The van der Waals surface area contributed by atoms with Gasteiger partial charge < -0.3 is 15.3 Å². The minimum Gasteiger partial charge on any atom is -0.477 e. The molecule has 1 fully saturated rings. The van der Waals surface area contributed by atoms with Crippen molar-refractivity contribution < 1.29 is 23.5 Å². The number of amides is 1. The van der Waals surface area contributed by atoms with Crippen molar-refractivity contribution in [1.82, 2.24) is 14.9 Å². The molecule has 0 aliphatic carbocycles. The van der Waals surface area contributed by atoms with Gasteiger partial charge in [-0.2, -0.15) is 0 Å². The molecule has 2 aromatic rings. The van der Waals surface area contributed by atoms with Crippen molar-refractivity contribution >= 4 is 17.7 Å². The van der Waals surface area contributed by atoms with Crippen LogP contribution in [0.1, 0.15) is 46.2 Å². The van der Waals surface area contributed by atoms with E-state index in [2.05, 4.69) is 15.3 Å². The molecule has 0 spiro atoms. The Bertz CT molecular complexity index is 923. The molecular weight excluding hydrogens is 382 g/mol. The fourth-order valence-electron chi connectivity index (χ4n) is 3.65. The number of nitrogens with one attached hydrogen (secondary N) is 1. The number of aromatic nitrogens is 2. The molecule has 9 heteroatoms. The van der Waals surface area contributed by atoms with Crippen molar-refractivity contribution in [3.63, 3.8) is 0 Å². The lowest BCUT2D eigenvalue weighted by Crippen LogP contribution is -2.39. The van der Waals surface area contributed by atoms with Gasteiger partial charge >= 0.3 is 5.97 Å². The summed E-state index contributed by atoms with van der Waals surface area (Å²) in [5.74, 6) is -2.38. The second-order valence-corrected chi connectivity index (χ2v) is 6.97. The van der Waals surface area contributed by atoms with Crippen LogP contribution in [0.2, 0.25) is 0 Å². The minimum absolute atomic E-state index is 0.0382. The van der Waals surface area contributed by atoms with Crippen LogP contribution in [0.25, 0.3) is 0 Å². The third-order valence-electron chi connectivity index (χ3n) is 5.12. The van der Waals surface area contributed by atoms with Crippen LogP contribution < -0.4 is 5.32 Å². The molecule has 0 saturated carbocycles. The number of carboxylic acids is 1. The van der Waals surface area contributed by atoms with Crippen molar-refractivity contribution in [2.24, 2.45) is 0 Å². The number of piperidine rings is 1. The Hall–Kier alpha value is -3.10. The van der Waals surface area contributed by atoms with Gasteiger partial charge in [0.15, 0.2) is 0 Å². The van der Waals surface area contributed by atoms with E-state index < -0.39 is 17.6 Å². The summed E-state index contributed by atoms with van der Waals surface area (Å²) in [4.78, 5) is 34.3. The SMILES string of the molecule is CNc1nc(C)nc(C2CCN(C(=O)Cc3c(F)cccc3F)CC2)c1C(=O)O. The first-order valence-corrected chi connectivity index (χ1v) is 9.32. The summed E-state index contributed by atoms with van der Waals surface area (Å²) in [6.07, 6.45) is 0.664. The zero-order valence-corrected chi connectivity index (χ0v) is 16.2. The Morgan fingerprint density at radius 2 is 1.83 bits per heavy atom. The van der Waals surface area contributed by atoms with Crippen LogP contribution in [0.4, 0.5) is 14.6 Å². The molecule has 7 nitrogen and oxygen atoms in total. The van der Waals surface area contributed by atoms with Gasteiger partial charge in [0.1, 0.15) is 28.8 Å². The molecule has 2 N–H and O–H groups in total. The number of benzene rings is 1. The molecule has 2 heterocycles. The number of carboxylic acid groups (broad SMARTS) is 1. The highest BCUT2D eigenvalue weighted by Gasteiger charge is 2.30. The molecule has 0 bridgehead atoms. The summed E-state index contributed by atoms with van der Waals surface area (Å²) in [7, 11) is 1.60. The van der Waals surface area contributed by atoms with E-state index in [4.69, 9.17) is 0 Å². The Morgan fingerprint density at radius 1 is 1.21 bits per heavy atom. The first-order chi connectivity index (χ1) is 13.8. The Kier molecular flexibility index (Phi) is 6.05. The molecule has 1 aliphatic heterocycles. The normalized spacial score (nSPS) is 14.7. The predicted molar refractivity (Wildman–Crippen MR) is 102 cm³/mol. The predicted octanol–water partition coefficient (Wildman–Crippen LogP) is 2.75. The molecule has 29 heavy (non-hydrogen) atoms. The molecule has 1 aromatic heterocycles. The van der Waals surface area contributed by atoms with Crippen molar-refractivity contribution in [3.05, 3.63) is 52.5 Å². The number of anilines is 1. The smallest absolute Gasteiger partial charge is 0.341 e. The number of carbonyl (C=O) groups excluding carboxylic acids is 1. The number of carbonyl (C=O) groups is 2. The van der Waals surface area contributed by atoms with E-state index in [0.29, 0.717) is 37.4 Å². The summed E-state index contributed by atoms with van der Waals surface area (Å²) in [6.45, 7) is 2.41. The molecule has 0 atom stereocenters. The summed E-state index contributed by atoms with van der Waals surface area (Å²) in [5, 5.41) is 12.4. The van der Waals surface area contributed by atoms with E-state index in [9.17, 15) is 23.5 Å². The van der Waals surface area contributed by atoms with Crippen LogP contribution in [0, 0.1) is 18.6 Å². The summed E-state index contributed by atoms with van der Waals surface area (Å²) in [6, 6.07) is 3.51. The van der Waals surface area contributed by atoms with Crippen molar-refractivity contribution in [3.8, 4) is 0 Å². The maximum atomic E-state index is 13.8. The van der Waals surface area contributed by atoms with Crippen LogP contribution in [0.3, 0.4) is 0 Å². The van der Waals surface area contributed by atoms with E-state index in [-0.39, 0.29) is 35.2 Å². The Balaban J connectivity index is 1.73. The van der Waals surface area contributed by atoms with E-state index in [1.807, 2.05) is 0 Å². The number of aryl methyl sites for hydroxylation is 1. The summed E-state index contributed by atoms with van der Waals surface area (Å²) in [5.41, 5.74) is 0.246. The lowest BCUT2D eigenvalue weighted by molar-refractivity contribution is -0.131. The molecule has 1 saturated heterocycles. The molecular formula is C20H22F2N4O3. The van der Waals surface area contributed by atoms with Crippen molar-refractivity contribution in [2.45, 2.75) is 32.1 Å². The zero-order valence-electron chi connectivity index (χ0n) is 16.2. The van der Waals surface area contributed by atoms with Crippen LogP contribution in [-0.2, 0) is 11.2 Å². The maximum Gasteiger partial charge on any atom is 0.341 e. The topological polar surface area (TPSA) is 95.4 Å². The molecule has 3 rings (SSSR count). The molecule has 154 valence electrons. The Morgan fingerprint density at radius 3 is 2.38 bits per heavy atom. The number of nitrogens with zero attached hydrogens (tertiary/aromatic N) is 3. The zero-order chi connectivity index (χ0) is 21.1. The van der Waals surface area contributed by atoms with E-state index in [0.717, 1.165) is 12.1 Å². The molecule has 1 amide bonds. The first kappa shape index (κ1) is 20.6. The van der Waals surface area contributed by atoms with Crippen molar-refractivity contribution in [2.75, 3.05) is 25.5 Å². The third-order valence-corrected chi connectivity index (χ3v) is 5.12. The molecule has 1 aliphatic rings. The second kappa shape index (κ2) is 8.50. The van der Waals surface area contributed by atoms with E-state index in [1.54, 1.807) is 18.9 Å². The number of halogens is 2. The van der Waals surface area contributed by atoms with Gasteiger partial charge in [0.25, 0.3) is 0 Å². The van der Waals surface area contributed by atoms with E-state index in [1.165, 1.54) is 6.07 Å². The number of likely N-dealkylation sites (tertiary alicyclic amines) is 1. The van der Waals surface area contributed by atoms with Gasteiger partial charge in [-0.05, 0) is 31.9 Å². The van der Waals surface area contributed by atoms with Gasteiger partial charge in [-0.1, -0.05) is 6.07 Å². The van der Waals surface area contributed by atoms with Gasteiger partial charge in [0.05, 0.1) is 12.1 Å².